The summed E-state index contributed by atoms with van der Waals surface area (Å²) >= 11 is 0. The summed E-state index contributed by atoms with van der Waals surface area (Å²) in [7, 11) is 0. The molecule has 0 radical (unpaired) electrons. The van der Waals surface area contributed by atoms with Crippen molar-refractivity contribution in [1.82, 2.24) is 10.6 Å². The molecule has 0 bridgehead atoms. The van der Waals surface area contributed by atoms with Gasteiger partial charge >= 0.3 is 0 Å². The lowest BCUT2D eigenvalue weighted by Gasteiger charge is -2.43. The molecule has 31 heavy (non-hydrogen) atoms. The van der Waals surface area contributed by atoms with Gasteiger partial charge in [0.1, 0.15) is 0 Å². The van der Waals surface area contributed by atoms with Gasteiger partial charge in [-0.1, -0.05) is 51.5 Å². The van der Waals surface area contributed by atoms with Crippen LogP contribution >= 0.6 is 24.0 Å². The quantitative estimate of drug-likeness (QED) is 0.259. The van der Waals surface area contributed by atoms with E-state index in [0.29, 0.717) is 13.2 Å². The number of guanidine groups is 1. The molecule has 176 valence electrons. The van der Waals surface area contributed by atoms with Crippen molar-refractivity contribution in [2.24, 2.45) is 10.4 Å². The number of rotatable bonds is 8. The van der Waals surface area contributed by atoms with E-state index in [1.807, 2.05) is 0 Å². The van der Waals surface area contributed by atoms with Gasteiger partial charge in [0.2, 0.25) is 0 Å². The highest BCUT2D eigenvalue weighted by atomic mass is 127. The Hall–Kier alpha value is -0.860. The normalized spacial score (nSPS) is 23.1. The Labute approximate surface area is 205 Å². The molecular weight excluding hydrogens is 501 g/mol. The molecule has 0 amide bonds. The Morgan fingerprint density at radius 3 is 2.32 bits per heavy atom. The largest absolute Gasteiger partial charge is 0.396 e. The Kier molecular flexibility index (Phi) is 9.64. The molecule has 1 heterocycles. The molecule has 2 fully saturated rings. The molecule has 2 aliphatic rings. The van der Waals surface area contributed by atoms with Crippen molar-refractivity contribution >= 4 is 29.9 Å². The third-order valence-corrected chi connectivity index (χ3v) is 7.01. The van der Waals surface area contributed by atoms with Gasteiger partial charge < -0.3 is 20.5 Å². The average molecular weight is 544 g/mol. The Balaban J connectivity index is 0.00000341. The SMILES string of the molecule is CCNC(=NCC1(CCO)CCOC1)NCC1(c2ccc(C(C)(C)C)cc2)CCC1.I. The molecule has 1 atom stereocenters. The number of hydrogen-bond acceptors (Lipinski definition) is 3. The molecule has 1 aromatic rings. The van der Waals surface area contributed by atoms with E-state index in [-0.39, 0.29) is 46.8 Å². The molecule has 1 aromatic carbocycles. The highest BCUT2D eigenvalue weighted by Crippen LogP contribution is 2.43. The Morgan fingerprint density at radius 2 is 1.84 bits per heavy atom. The first kappa shape index (κ1) is 26.4. The number of benzene rings is 1. The van der Waals surface area contributed by atoms with Crippen LogP contribution in [0.3, 0.4) is 0 Å². The lowest BCUT2D eigenvalue weighted by molar-refractivity contribution is 0.131. The van der Waals surface area contributed by atoms with Crippen molar-refractivity contribution < 1.29 is 9.84 Å². The number of aliphatic imine (C=N–C) groups is 1. The number of hydrogen-bond donors (Lipinski definition) is 3. The van der Waals surface area contributed by atoms with Crippen LogP contribution in [0.5, 0.6) is 0 Å². The number of halogens is 1. The third-order valence-electron chi connectivity index (χ3n) is 7.01. The summed E-state index contributed by atoms with van der Waals surface area (Å²) in [5.41, 5.74) is 3.19. The minimum Gasteiger partial charge on any atom is -0.396 e. The van der Waals surface area contributed by atoms with Gasteiger partial charge in [0, 0.05) is 37.1 Å². The summed E-state index contributed by atoms with van der Waals surface area (Å²) in [6, 6.07) is 9.26. The average Bonchev–Trinajstić information content (AvgIpc) is 3.14. The second-order valence-electron chi connectivity index (χ2n) is 10.3. The highest BCUT2D eigenvalue weighted by Gasteiger charge is 2.39. The van der Waals surface area contributed by atoms with Crippen molar-refractivity contribution in [3.05, 3.63) is 35.4 Å². The second-order valence-corrected chi connectivity index (χ2v) is 10.3. The minimum atomic E-state index is -0.0198. The van der Waals surface area contributed by atoms with E-state index in [2.05, 4.69) is 62.6 Å². The van der Waals surface area contributed by atoms with Crippen LogP contribution in [-0.2, 0) is 15.6 Å². The molecule has 5 nitrogen and oxygen atoms in total. The van der Waals surface area contributed by atoms with Crippen LogP contribution in [0.25, 0.3) is 0 Å². The molecule has 0 spiro atoms. The van der Waals surface area contributed by atoms with Crippen LogP contribution in [-0.4, -0.2) is 50.5 Å². The molecule has 1 aliphatic heterocycles. The fourth-order valence-corrected chi connectivity index (χ4v) is 4.62. The number of nitrogens with zero attached hydrogens (tertiary/aromatic N) is 1. The van der Waals surface area contributed by atoms with Crippen LogP contribution in [0.2, 0.25) is 0 Å². The molecule has 1 unspecified atom stereocenters. The number of aliphatic hydroxyl groups is 1. The van der Waals surface area contributed by atoms with Gasteiger partial charge in [0.25, 0.3) is 0 Å². The van der Waals surface area contributed by atoms with Gasteiger partial charge in [0.15, 0.2) is 5.96 Å². The zero-order valence-electron chi connectivity index (χ0n) is 19.8. The van der Waals surface area contributed by atoms with Gasteiger partial charge in [-0.05, 0) is 49.1 Å². The molecule has 1 saturated carbocycles. The van der Waals surface area contributed by atoms with E-state index in [1.165, 1.54) is 30.4 Å². The Bertz CT molecular complexity index is 702. The fraction of sp³-hybridized carbons (Fsp3) is 0.720. The number of nitrogens with one attached hydrogen (secondary N) is 2. The molecule has 1 aliphatic carbocycles. The summed E-state index contributed by atoms with van der Waals surface area (Å²) in [5, 5.41) is 16.5. The van der Waals surface area contributed by atoms with Gasteiger partial charge in [-0.15, -0.1) is 24.0 Å². The van der Waals surface area contributed by atoms with E-state index in [0.717, 1.165) is 38.5 Å². The van der Waals surface area contributed by atoms with Crippen molar-refractivity contribution in [2.75, 3.05) is 39.5 Å². The van der Waals surface area contributed by atoms with Crippen molar-refractivity contribution in [1.29, 1.82) is 0 Å². The molecule has 1 saturated heterocycles. The van der Waals surface area contributed by atoms with Crippen molar-refractivity contribution in [2.45, 2.75) is 70.6 Å². The van der Waals surface area contributed by atoms with Crippen LogP contribution in [0.15, 0.2) is 29.3 Å². The van der Waals surface area contributed by atoms with Crippen LogP contribution in [0.1, 0.15) is 70.9 Å². The van der Waals surface area contributed by atoms with E-state index in [1.54, 1.807) is 0 Å². The highest BCUT2D eigenvalue weighted by molar-refractivity contribution is 14.0. The minimum absolute atomic E-state index is 0. The molecule has 3 N–H and O–H groups in total. The summed E-state index contributed by atoms with van der Waals surface area (Å²) in [4.78, 5) is 4.89. The monoisotopic (exact) mass is 543 g/mol. The van der Waals surface area contributed by atoms with E-state index < -0.39 is 0 Å². The molecular formula is C25H42IN3O2. The smallest absolute Gasteiger partial charge is 0.191 e. The van der Waals surface area contributed by atoms with Crippen molar-refractivity contribution in [3.63, 3.8) is 0 Å². The summed E-state index contributed by atoms with van der Waals surface area (Å²) in [5.74, 6) is 0.874. The molecule has 0 aromatic heterocycles. The van der Waals surface area contributed by atoms with Gasteiger partial charge in [0.05, 0.1) is 13.2 Å². The maximum absolute atomic E-state index is 9.47. The lowest BCUT2D eigenvalue weighted by atomic mass is 9.64. The summed E-state index contributed by atoms with van der Waals surface area (Å²) in [6.07, 6.45) is 5.45. The predicted octanol–water partition coefficient (Wildman–Crippen LogP) is 4.37. The first-order valence-electron chi connectivity index (χ1n) is 11.6. The van der Waals surface area contributed by atoms with Crippen LogP contribution in [0.4, 0.5) is 0 Å². The summed E-state index contributed by atoms with van der Waals surface area (Å²) in [6.45, 7) is 13.0. The zero-order chi connectivity index (χ0) is 21.7. The van der Waals surface area contributed by atoms with E-state index in [9.17, 15) is 5.11 Å². The van der Waals surface area contributed by atoms with E-state index >= 15 is 0 Å². The number of ether oxygens (including phenoxy) is 1. The maximum Gasteiger partial charge on any atom is 0.191 e. The van der Waals surface area contributed by atoms with Gasteiger partial charge in [-0.3, -0.25) is 4.99 Å². The van der Waals surface area contributed by atoms with Gasteiger partial charge in [-0.25, -0.2) is 0 Å². The van der Waals surface area contributed by atoms with Crippen LogP contribution < -0.4 is 10.6 Å². The van der Waals surface area contributed by atoms with Crippen LogP contribution in [0, 0.1) is 5.41 Å². The molecule has 3 rings (SSSR count). The van der Waals surface area contributed by atoms with Gasteiger partial charge in [-0.2, -0.15) is 0 Å². The summed E-state index contributed by atoms with van der Waals surface area (Å²) < 4.78 is 5.62. The maximum atomic E-state index is 9.47. The lowest BCUT2D eigenvalue weighted by Crippen LogP contribution is -2.49. The first-order valence-corrected chi connectivity index (χ1v) is 11.6. The number of aliphatic hydroxyl groups excluding tert-OH is 1. The third kappa shape index (κ3) is 6.57. The standard InChI is InChI=1S/C25H41N3O2.HI/c1-5-26-22(27-17-24(13-15-29)14-16-30-19-24)28-18-25(11-6-12-25)21-9-7-20(8-10-21)23(2,3)4;/h7-10,29H,5-6,11-19H2,1-4H3,(H2,26,27,28);1H. The first-order chi connectivity index (χ1) is 14.3. The second kappa shape index (κ2) is 11.3. The van der Waals surface area contributed by atoms with Crippen molar-refractivity contribution in [3.8, 4) is 0 Å². The predicted molar refractivity (Wildman–Crippen MR) is 140 cm³/mol. The topological polar surface area (TPSA) is 65.9 Å². The Morgan fingerprint density at radius 1 is 1.13 bits per heavy atom. The fourth-order valence-electron chi connectivity index (χ4n) is 4.62. The van der Waals surface area contributed by atoms with E-state index in [4.69, 9.17) is 9.73 Å². The molecule has 6 heteroatoms. The zero-order valence-corrected chi connectivity index (χ0v) is 22.1.